The largest absolute Gasteiger partial charge is 0.301 e. The predicted molar refractivity (Wildman–Crippen MR) is 138 cm³/mol. The SMILES string of the molecule is C=C(NNC(=C)C(F)F)c1ccc(CN(SN2CCN(C3CCC3)CC2)c2ccccc2)c(F)c1. The molecule has 0 aromatic heterocycles. The first-order valence-corrected chi connectivity index (χ1v) is 12.6. The number of hydrazine groups is 1. The number of allylic oxidation sites excluding steroid dienone is 1. The van der Waals surface area contributed by atoms with Crippen LogP contribution >= 0.6 is 12.1 Å². The molecule has 0 amide bonds. The molecule has 9 heteroatoms. The Hall–Kier alpha value is -2.62. The molecule has 0 spiro atoms. The topological polar surface area (TPSA) is 33.8 Å². The van der Waals surface area contributed by atoms with Gasteiger partial charge in [0.05, 0.1) is 17.9 Å². The molecule has 1 heterocycles. The second-order valence-electron chi connectivity index (χ2n) is 8.86. The molecule has 0 atom stereocenters. The molecular weight excluding hydrogens is 471 g/mol. The minimum Gasteiger partial charge on any atom is -0.301 e. The van der Waals surface area contributed by atoms with Gasteiger partial charge in [0.15, 0.2) is 0 Å². The van der Waals surface area contributed by atoms with Crippen LogP contribution in [0.5, 0.6) is 0 Å². The van der Waals surface area contributed by atoms with Crippen molar-refractivity contribution < 1.29 is 13.2 Å². The van der Waals surface area contributed by atoms with Crippen LogP contribution in [0.2, 0.25) is 0 Å². The van der Waals surface area contributed by atoms with Crippen LogP contribution < -0.4 is 15.2 Å². The Balaban J connectivity index is 1.40. The number of hydrogen-bond donors (Lipinski definition) is 2. The Kier molecular flexibility index (Phi) is 8.64. The van der Waals surface area contributed by atoms with Gasteiger partial charge in [-0.15, -0.1) is 0 Å². The number of piperazine rings is 1. The lowest BCUT2D eigenvalue weighted by molar-refractivity contribution is 0.0919. The minimum absolute atomic E-state index is 0.274. The normalized spacial score (nSPS) is 17.1. The third-order valence-corrected chi connectivity index (χ3v) is 7.61. The molecule has 0 bridgehead atoms. The van der Waals surface area contributed by atoms with E-state index >= 15 is 4.39 Å². The lowest BCUT2D eigenvalue weighted by Crippen LogP contribution is -2.51. The van der Waals surface area contributed by atoms with Crippen LogP contribution in [-0.4, -0.2) is 47.9 Å². The second kappa shape index (κ2) is 11.9. The number of rotatable bonds is 11. The van der Waals surface area contributed by atoms with E-state index in [9.17, 15) is 8.78 Å². The Morgan fingerprint density at radius 3 is 2.34 bits per heavy atom. The lowest BCUT2D eigenvalue weighted by Gasteiger charge is -2.43. The minimum atomic E-state index is -2.71. The van der Waals surface area contributed by atoms with Crippen molar-refractivity contribution in [1.82, 2.24) is 20.1 Å². The van der Waals surface area contributed by atoms with Gasteiger partial charge in [0.25, 0.3) is 6.43 Å². The fourth-order valence-electron chi connectivity index (χ4n) is 4.10. The molecule has 2 aliphatic rings. The molecule has 35 heavy (non-hydrogen) atoms. The summed E-state index contributed by atoms with van der Waals surface area (Å²) in [6.07, 6.45) is 1.27. The van der Waals surface area contributed by atoms with E-state index in [0.717, 1.165) is 37.9 Å². The highest BCUT2D eigenvalue weighted by atomic mass is 32.2. The summed E-state index contributed by atoms with van der Waals surface area (Å²) in [7, 11) is 0. The van der Waals surface area contributed by atoms with E-state index in [1.54, 1.807) is 24.3 Å². The Labute approximate surface area is 209 Å². The maximum absolute atomic E-state index is 15.1. The Morgan fingerprint density at radius 2 is 1.74 bits per heavy atom. The highest BCUT2D eigenvalue weighted by molar-refractivity contribution is 7.98. The molecule has 0 radical (unpaired) electrons. The van der Waals surface area contributed by atoms with E-state index < -0.39 is 12.1 Å². The van der Waals surface area contributed by atoms with Gasteiger partial charge in [-0.3, -0.25) is 14.6 Å². The fourth-order valence-corrected chi connectivity index (χ4v) is 5.12. The maximum atomic E-state index is 15.1. The van der Waals surface area contributed by atoms with Gasteiger partial charge in [-0.05, 0) is 31.0 Å². The summed E-state index contributed by atoms with van der Waals surface area (Å²) in [6.45, 7) is 11.4. The van der Waals surface area contributed by atoms with Crippen LogP contribution in [0.15, 0.2) is 67.4 Å². The summed E-state index contributed by atoms with van der Waals surface area (Å²) in [4.78, 5) is 2.60. The van der Waals surface area contributed by atoms with E-state index in [4.69, 9.17) is 0 Å². The number of benzene rings is 2. The van der Waals surface area contributed by atoms with Crippen molar-refractivity contribution in [2.24, 2.45) is 0 Å². The third-order valence-electron chi connectivity index (χ3n) is 6.48. The summed E-state index contributed by atoms with van der Waals surface area (Å²) in [5.41, 5.74) is 6.65. The van der Waals surface area contributed by atoms with Gasteiger partial charge in [0, 0.05) is 61.2 Å². The molecule has 1 saturated carbocycles. The van der Waals surface area contributed by atoms with Crippen LogP contribution in [0.25, 0.3) is 5.70 Å². The molecule has 2 N–H and O–H groups in total. The van der Waals surface area contributed by atoms with Crippen molar-refractivity contribution in [3.63, 3.8) is 0 Å². The Bertz CT molecular complexity index is 1010. The molecule has 1 aliphatic carbocycles. The summed E-state index contributed by atoms with van der Waals surface area (Å²) in [6, 6.07) is 15.5. The fraction of sp³-hybridized carbons (Fsp3) is 0.385. The van der Waals surface area contributed by atoms with Crippen LogP contribution in [0.1, 0.15) is 30.4 Å². The number of halogens is 3. The van der Waals surface area contributed by atoms with Crippen LogP contribution in [0, 0.1) is 5.82 Å². The van der Waals surface area contributed by atoms with Gasteiger partial charge < -0.3 is 5.43 Å². The average Bonchev–Trinajstić information content (AvgIpc) is 2.83. The van der Waals surface area contributed by atoms with Gasteiger partial charge in [-0.1, -0.05) is 49.9 Å². The number of nitrogens with one attached hydrogen (secondary N) is 2. The van der Waals surface area contributed by atoms with Crippen LogP contribution in [0.3, 0.4) is 0 Å². The summed E-state index contributed by atoms with van der Waals surface area (Å²) < 4.78 is 44.7. The zero-order valence-corrected chi connectivity index (χ0v) is 20.5. The van der Waals surface area contributed by atoms with Crippen LogP contribution in [-0.2, 0) is 6.54 Å². The van der Waals surface area contributed by atoms with Gasteiger partial charge >= 0.3 is 0 Å². The molecule has 0 unspecified atom stereocenters. The van der Waals surface area contributed by atoms with E-state index in [2.05, 4.69) is 37.5 Å². The molecule has 1 saturated heterocycles. The first-order chi connectivity index (χ1) is 16.9. The lowest BCUT2D eigenvalue weighted by atomic mass is 9.91. The monoisotopic (exact) mass is 503 g/mol. The molecule has 2 fully saturated rings. The molecule has 2 aromatic carbocycles. The zero-order chi connectivity index (χ0) is 24.8. The number of alkyl halides is 2. The standard InChI is InChI=1S/C26H32F3N5S/c1-19(30-31-20(2)26(28)29)21-11-12-22(25(27)17-21)18-34(24-7-4-3-5-8-24)35-33-15-13-32(14-16-33)23-9-6-10-23/h3-5,7-8,11-12,17,23,26,30-31H,1-2,6,9-10,13-16,18H2. The molecule has 5 nitrogen and oxygen atoms in total. The van der Waals surface area contributed by atoms with Crippen molar-refractivity contribution in [2.75, 3.05) is 30.5 Å². The van der Waals surface area contributed by atoms with Crippen molar-refractivity contribution in [2.45, 2.75) is 38.3 Å². The van der Waals surface area contributed by atoms with E-state index in [1.165, 1.54) is 25.3 Å². The smallest absolute Gasteiger partial charge is 0.279 e. The number of para-hydroxylation sites is 1. The first-order valence-electron chi connectivity index (χ1n) is 11.9. The van der Waals surface area contributed by atoms with E-state index in [1.807, 2.05) is 30.3 Å². The van der Waals surface area contributed by atoms with E-state index in [-0.39, 0.29) is 11.5 Å². The van der Waals surface area contributed by atoms with Gasteiger partial charge in [0.2, 0.25) is 0 Å². The molecule has 4 rings (SSSR count). The number of anilines is 1. The first kappa shape index (κ1) is 25.5. The number of nitrogens with zero attached hydrogens (tertiary/aromatic N) is 3. The molecule has 2 aromatic rings. The maximum Gasteiger partial charge on any atom is 0.279 e. The highest BCUT2D eigenvalue weighted by Crippen LogP contribution is 2.31. The predicted octanol–water partition coefficient (Wildman–Crippen LogP) is 5.41. The summed E-state index contributed by atoms with van der Waals surface area (Å²) in [5, 5.41) is 0. The molecular formula is C26H32F3N5S. The molecule has 1 aliphatic heterocycles. The van der Waals surface area contributed by atoms with Gasteiger partial charge in [0.1, 0.15) is 5.82 Å². The summed E-state index contributed by atoms with van der Waals surface area (Å²) >= 11 is 1.64. The third kappa shape index (κ3) is 6.74. The van der Waals surface area contributed by atoms with Crippen molar-refractivity contribution in [3.8, 4) is 0 Å². The second-order valence-corrected chi connectivity index (χ2v) is 9.98. The average molecular weight is 504 g/mol. The van der Waals surface area contributed by atoms with Crippen molar-refractivity contribution >= 4 is 23.5 Å². The summed E-state index contributed by atoms with van der Waals surface area (Å²) in [5.74, 6) is -0.380. The quantitative estimate of drug-likeness (QED) is 0.315. The van der Waals surface area contributed by atoms with Crippen LogP contribution in [0.4, 0.5) is 18.9 Å². The van der Waals surface area contributed by atoms with E-state index in [0.29, 0.717) is 17.7 Å². The number of hydrogen-bond acceptors (Lipinski definition) is 6. The molecule has 188 valence electrons. The Morgan fingerprint density at radius 1 is 1.03 bits per heavy atom. The van der Waals surface area contributed by atoms with Crippen molar-refractivity contribution in [3.05, 3.63) is 84.3 Å². The zero-order valence-electron chi connectivity index (χ0n) is 19.7. The van der Waals surface area contributed by atoms with Gasteiger partial charge in [-0.25, -0.2) is 17.5 Å². The van der Waals surface area contributed by atoms with Crippen molar-refractivity contribution in [1.29, 1.82) is 0 Å². The highest BCUT2D eigenvalue weighted by Gasteiger charge is 2.29. The van der Waals surface area contributed by atoms with Gasteiger partial charge in [-0.2, -0.15) is 0 Å².